The van der Waals surface area contributed by atoms with E-state index in [1.807, 2.05) is 20.8 Å². The minimum Gasteiger partial charge on any atom is -0.365 e. The van der Waals surface area contributed by atoms with Gasteiger partial charge in [-0.2, -0.15) is 0 Å². The van der Waals surface area contributed by atoms with Crippen molar-refractivity contribution in [2.24, 2.45) is 0 Å². The topological polar surface area (TPSA) is 58.7 Å². The van der Waals surface area contributed by atoms with Crippen molar-refractivity contribution in [3.05, 3.63) is 29.8 Å². The first-order valence-electron chi connectivity index (χ1n) is 5.55. The second kappa shape index (κ2) is 4.08. The molecule has 1 heterocycles. The van der Waals surface area contributed by atoms with Gasteiger partial charge < -0.3 is 4.74 Å². The van der Waals surface area contributed by atoms with Crippen LogP contribution in [0.15, 0.2) is 29.2 Å². The lowest BCUT2D eigenvalue weighted by molar-refractivity contribution is 0.323. The summed E-state index contributed by atoms with van der Waals surface area (Å²) in [4.78, 5) is 0.293. The summed E-state index contributed by atoms with van der Waals surface area (Å²) >= 11 is 0. The molecule has 1 aromatic carbocycles. The molecule has 0 amide bonds. The number of benzene rings is 1. The van der Waals surface area contributed by atoms with E-state index in [-0.39, 0.29) is 11.7 Å². The molecule has 0 aliphatic carbocycles. The fraction of sp³-hybridized carbons (Fsp3) is 0.500. The number of epoxide rings is 1. The first-order valence-corrected chi connectivity index (χ1v) is 7.04. The quantitative estimate of drug-likeness (QED) is 0.828. The molecule has 1 atom stereocenters. The summed E-state index contributed by atoms with van der Waals surface area (Å²) in [5.74, 6) is 0. The minimum atomic E-state index is -3.41. The second-order valence-electron chi connectivity index (χ2n) is 4.87. The van der Waals surface area contributed by atoms with Crippen LogP contribution >= 0.6 is 0 Å². The average Bonchev–Trinajstić information content (AvgIpc) is 2.85. The molecule has 2 rings (SSSR count). The molecule has 0 saturated carbocycles. The van der Waals surface area contributed by atoms with Crippen LogP contribution in [0, 0.1) is 6.92 Å². The highest BCUT2D eigenvalue weighted by molar-refractivity contribution is 7.89. The predicted octanol–water partition coefficient (Wildman–Crippen LogP) is 1.45. The van der Waals surface area contributed by atoms with E-state index >= 15 is 0 Å². The molecule has 1 aliphatic rings. The lowest BCUT2D eigenvalue weighted by atomic mass is 10.1. The SMILES string of the molecule is Cc1ccc(S(=O)(=O)NCC2OC2(C)C)cc1. The van der Waals surface area contributed by atoms with Crippen molar-refractivity contribution < 1.29 is 13.2 Å². The predicted molar refractivity (Wildman–Crippen MR) is 65.3 cm³/mol. The van der Waals surface area contributed by atoms with Crippen LogP contribution < -0.4 is 4.72 Å². The zero-order valence-electron chi connectivity index (χ0n) is 10.2. The summed E-state index contributed by atoms with van der Waals surface area (Å²) in [5.41, 5.74) is 0.839. The Balaban J connectivity index is 2.02. The van der Waals surface area contributed by atoms with E-state index in [1.165, 1.54) is 0 Å². The van der Waals surface area contributed by atoms with E-state index < -0.39 is 10.0 Å². The monoisotopic (exact) mass is 255 g/mol. The molecule has 1 unspecified atom stereocenters. The molecule has 5 heteroatoms. The zero-order chi connectivity index (χ0) is 12.7. The van der Waals surface area contributed by atoms with Gasteiger partial charge in [-0.15, -0.1) is 0 Å². The minimum absolute atomic E-state index is 0.0253. The Morgan fingerprint density at radius 3 is 2.29 bits per heavy atom. The number of sulfonamides is 1. The highest BCUT2D eigenvalue weighted by Gasteiger charge is 2.47. The van der Waals surface area contributed by atoms with E-state index in [2.05, 4.69) is 4.72 Å². The van der Waals surface area contributed by atoms with Crippen molar-refractivity contribution in [2.75, 3.05) is 6.54 Å². The average molecular weight is 255 g/mol. The molecule has 1 saturated heterocycles. The number of rotatable bonds is 4. The fourth-order valence-electron chi connectivity index (χ4n) is 1.61. The molecule has 1 N–H and O–H groups in total. The number of nitrogens with one attached hydrogen (secondary N) is 1. The molecule has 0 aromatic heterocycles. The third-order valence-corrected chi connectivity index (χ3v) is 4.39. The standard InChI is InChI=1S/C12H17NO3S/c1-9-4-6-10(7-5-9)17(14,15)13-8-11-12(2,3)16-11/h4-7,11,13H,8H2,1-3H3. The van der Waals surface area contributed by atoms with Crippen LogP contribution in [0.3, 0.4) is 0 Å². The molecule has 94 valence electrons. The smallest absolute Gasteiger partial charge is 0.240 e. The molecular weight excluding hydrogens is 238 g/mol. The maximum atomic E-state index is 11.9. The van der Waals surface area contributed by atoms with Gasteiger partial charge in [0.15, 0.2) is 0 Å². The Hall–Kier alpha value is -0.910. The highest BCUT2D eigenvalue weighted by atomic mass is 32.2. The molecule has 0 bridgehead atoms. The number of hydrogen-bond acceptors (Lipinski definition) is 3. The Bertz CT molecular complexity index is 505. The Morgan fingerprint density at radius 2 is 1.82 bits per heavy atom. The van der Waals surface area contributed by atoms with Crippen molar-refractivity contribution >= 4 is 10.0 Å². The van der Waals surface area contributed by atoms with E-state index in [0.29, 0.717) is 11.4 Å². The molecule has 4 nitrogen and oxygen atoms in total. The molecule has 17 heavy (non-hydrogen) atoms. The van der Waals surface area contributed by atoms with Crippen LogP contribution in [-0.4, -0.2) is 26.7 Å². The molecule has 1 aliphatic heterocycles. The van der Waals surface area contributed by atoms with Gasteiger partial charge in [0.2, 0.25) is 10.0 Å². The summed E-state index contributed by atoms with van der Waals surface area (Å²) in [6, 6.07) is 6.78. The fourth-order valence-corrected chi connectivity index (χ4v) is 2.64. The maximum absolute atomic E-state index is 11.9. The summed E-state index contributed by atoms with van der Waals surface area (Å²) in [6.07, 6.45) is -0.0253. The Kier molecular flexibility index (Phi) is 3.01. The largest absolute Gasteiger partial charge is 0.365 e. The van der Waals surface area contributed by atoms with Crippen LogP contribution in [0.5, 0.6) is 0 Å². The highest BCUT2D eigenvalue weighted by Crippen LogP contribution is 2.34. The second-order valence-corrected chi connectivity index (χ2v) is 6.64. The summed E-state index contributed by atoms with van der Waals surface area (Å²) in [5, 5.41) is 0. The number of ether oxygens (including phenoxy) is 1. The third kappa shape index (κ3) is 2.86. The van der Waals surface area contributed by atoms with Crippen LogP contribution in [0.1, 0.15) is 19.4 Å². The van der Waals surface area contributed by atoms with Crippen molar-refractivity contribution in [3.63, 3.8) is 0 Å². The first kappa shape index (κ1) is 12.5. The molecule has 0 spiro atoms. The van der Waals surface area contributed by atoms with Gasteiger partial charge in [-0.25, -0.2) is 13.1 Å². The lowest BCUT2D eigenvalue weighted by Crippen LogP contribution is -2.29. The van der Waals surface area contributed by atoms with Gasteiger partial charge in [-0.05, 0) is 32.9 Å². The van der Waals surface area contributed by atoms with Gasteiger partial charge in [0.05, 0.1) is 10.5 Å². The van der Waals surface area contributed by atoms with Crippen molar-refractivity contribution in [2.45, 2.75) is 37.4 Å². The molecule has 1 fully saturated rings. The van der Waals surface area contributed by atoms with E-state index in [4.69, 9.17) is 4.74 Å². The van der Waals surface area contributed by atoms with Crippen LogP contribution in [-0.2, 0) is 14.8 Å². The Labute approximate surface area is 102 Å². The normalized spacial score (nSPS) is 22.4. The van der Waals surface area contributed by atoms with Gasteiger partial charge >= 0.3 is 0 Å². The van der Waals surface area contributed by atoms with Crippen molar-refractivity contribution in [1.29, 1.82) is 0 Å². The summed E-state index contributed by atoms with van der Waals surface area (Å²) in [7, 11) is -3.41. The van der Waals surface area contributed by atoms with Gasteiger partial charge in [0.25, 0.3) is 0 Å². The zero-order valence-corrected chi connectivity index (χ0v) is 11.0. The van der Waals surface area contributed by atoms with E-state index in [9.17, 15) is 8.42 Å². The van der Waals surface area contributed by atoms with Gasteiger partial charge in [-0.3, -0.25) is 0 Å². The number of aryl methyl sites for hydroxylation is 1. The van der Waals surface area contributed by atoms with Gasteiger partial charge in [0.1, 0.15) is 6.10 Å². The summed E-state index contributed by atoms with van der Waals surface area (Å²) < 4.78 is 31.7. The summed E-state index contributed by atoms with van der Waals surface area (Å²) in [6.45, 7) is 6.13. The van der Waals surface area contributed by atoms with Crippen LogP contribution in [0.25, 0.3) is 0 Å². The Morgan fingerprint density at radius 1 is 1.29 bits per heavy atom. The van der Waals surface area contributed by atoms with Gasteiger partial charge in [-0.1, -0.05) is 17.7 Å². The third-order valence-electron chi connectivity index (χ3n) is 2.95. The van der Waals surface area contributed by atoms with Crippen LogP contribution in [0.2, 0.25) is 0 Å². The molecule has 0 radical (unpaired) electrons. The number of hydrogen-bond donors (Lipinski definition) is 1. The lowest BCUT2D eigenvalue weighted by Gasteiger charge is -2.06. The van der Waals surface area contributed by atoms with Crippen LogP contribution in [0.4, 0.5) is 0 Å². The maximum Gasteiger partial charge on any atom is 0.240 e. The molecule has 1 aromatic rings. The van der Waals surface area contributed by atoms with Crippen molar-refractivity contribution in [3.8, 4) is 0 Å². The van der Waals surface area contributed by atoms with E-state index in [0.717, 1.165) is 5.56 Å². The van der Waals surface area contributed by atoms with E-state index in [1.54, 1.807) is 24.3 Å². The molecular formula is C12H17NO3S. The van der Waals surface area contributed by atoms with Gasteiger partial charge in [0, 0.05) is 6.54 Å². The van der Waals surface area contributed by atoms with Crippen molar-refractivity contribution in [1.82, 2.24) is 4.72 Å². The first-order chi connectivity index (χ1) is 7.81.